The monoisotopic (exact) mass is 417 g/mol. The van der Waals surface area contributed by atoms with Crippen LogP contribution in [0.15, 0.2) is 45.7 Å². The number of aromatic nitrogens is 2. The Hall–Kier alpha value is -2.19. The van der Waals surface area contributed by atoms with Gasteiger partial charge in [0, 0.05) is 12.6 Å². The number of amides is 1. The van der Waals surface area contributed by atoms with Crippen LogP contribution in [0.2, 0.25) is 0 Å². The molecule has 0 radical (unpaired) electrons. The average Bonchev–Trinajstić information content (AvgIpc) is 3.16. The molecule has 5 nitrogen and oxygen atoms in total. The summed E-state index contributed by atoms with van der Waals surface area (Å²) in [5, 5.41) is 2.12. The van der Waals surface area contributed by atoms with Gasteiger partial charge in [-0.15, -0.1) is 11.3 Å². The molecule has 28 heavy (non-hydrogen) atoms. The number of fused-ring (bicyclic) bond motifs is 1. The lowest BCUT2D eigenvalue weighted by Crippen LogP contribution is -2.43. The fourth-order valence-corrected chi connectivity index (χ4v) is 5.16. The molecule has 2 aromatic heterocycles. The second-order valence-corrected chi connectivity index (χ2v) is 8.70. The van der Waals surface area contributed by atoms with E-state index >= 15 is 0 Å². The number of piperidine rings is 1. The standard InChI is InChI=1S/C20H20FN3O2S2/c1-13-6-4-5-10-23(13)17(25)12-28-20-22-15-9-11-27-18(15)19(26)24(20)16-8-3-2-7-14(16)21/h2-3,7-9,11,13H,4-6,10,12H2,1H3/t13-/m1/s1. The Kier molecular flexibility index (Phi) is 5.50. The lowest BCUT2D eigenvalue weighted by molar-refractivity contribution is -0.131. The van der Waals surface area contributed by atoms with Crippen molar-refractivity contribution in [3.05, 3.63) is 51.9 Å². The highest BCUT2D eigenvalue weighted by Gasteiger charge is 2.24. The minimum atomic E-state index is -0.500. The summed E-state index contributed by atoms with van der Waals surface area (Å²) in [4.78, 5) is 32.2. The van der Waals surface area contributed by atoms with Gasteiger partial charge in [-0.2, -0.15) is 0 Å². The van der Waals surface area contributed by atoms with Crippen LogP contribution in [0.3, 0.4) is 0 Å². The number of para-hydroxylation sites is 1. The molecule has 1 amide bonds. The molecule has 0 unspecified atom stereocenters. The van der Waals surface area contributed by atoms with Gasteiger partial charge in [-0.3, -0.25) is 14.2 Å². The molecule has 1 fully saturated rings. The van der Waals surface area contributed by atoms with Gasteiger partial charge in [-0.05, 0) is 49.8 Å². The molecular weight excluding hydrogens is 397 g/mol. The Morgan fingerprint density at radius 3 is 2.93 bits per heavy atom. The smallest absolute Gasteiger partial charge is 0.276 e. The Morgan fingerprint density at radius 2 is 2.14 bits per heavy atom. The van der Waals surface area contributed by atoms with Crippen LogP contribution in [0.25, 0.3) is 15.9 Å². The van der Waals surface area contributed by atoms with Crippen molar-refractivity contribution < 1.29 is 9.18 Å². The zero-order valence-corrected chi connectivity index (χ0v) is 17.1. The number of nitrogens with zero attached hydrogens (tertiary/aromatic N) is 3. The highest BCUT2D eigenvalue weighted by atomic mass is 32.2. The first-order valence-corrected chi connectivity index (χ1v) is 11.1. The molecule has 0 bridgehead atoms. The highest BCUT2D eigenvalue weighted by Crippen LogP contribution is 2.26. The molecule has 3 aromatic rings. The van der Waals surface area contributed by atoms with Crippen LogP contribution in [-0.4, -0.2) is 38.7 Å². The van der Waals surface area contributed by atoms with E-state index in [1.165, 1.54) is 33.7 Å². The predicted octanol–water partition coefficient (Wildman–Crippen LogP) is 4.08. The third-order valence-corrected chi connectivity index (χ3v) is 6.81. The van der Waals surface area contributed by atoms with Gasteiger partial charge in [0.25, 0.3) is 5.56 Å². The van der Waals surface area contributed by atoms with Crippen molar-refractivity contribution in [3.8, 4) is 5.69 Å². The van der Waals surface area contributed by atoms with Crippen LogP contribution in [0.1, 0.15) is 26.2 Å². The van der Waals surface area contributed by atoms with Crippen molar-refractivity contribution in [1.82, 2.24) is 14.5 Å². The lowest BCUT2D eigenvalue weighted by Gasteiger charge is -2.33. The minimum absolute atomic E-state index is 0.0250. The quantitative estimate of drug-likeness (QED) is 0.474. The van der Waals surface area contributed by atoms with Crippen molar-refractivity contribution in [2.24, 2.45) is 0 Å². The maximum absolute atomic E-state index is 14.4. The molecule has 0 spiro atoms. The van der Waals surface area contributed by atoms with E-state index in [-0.39, 0.29) is 28.9 Å². The van der Waals surface area contributed by atoms with Crippen LogP contribution < -0.4 is 5.56 Å². The van der Waals surface area contributed by atoms with Crippen molar-refractivity contribution in [1.29, 1.82) is 0 Å². The molecule has 0 aliphatic carbocycles. The number of carbonyl (C=O) groups is 1. The van der Waals surface area contributed by atoms with E-state index in [0.29, 0.717) is 15.4 Å². The van der Waals surface area contributed by atoms with E-state index in [0.717, 1.165) is 25.8 Å². The van der Waals surface area contributed by atoms with E-state index < -0.39 is 5.82 Å². The molecule has 4 rings (SSSR count). The third-order valence-electron chi connectivity index (χ3n) is 4.99. The Morgan fingerprint density at radius 1 is 1.32 bits per heavy atom. The second kappa shape index (κ2) is 8.05. The van der Waals surface area contributed by atoms with Crippen LogP contribution in [-0.2, 0) is 4.79 Å². The molecule has 0 saturated carbocycles. The summed E-state index contributed by atoms with van der Waals surface area (Å²) in [7, 11) is 0. The SMILES string of the molecule is C[C@@H]1CCCCN1C(=O)CSc1nc2ccsc2c(=O)n1-c1ccccc1F. The number of rotatable bonds is 4. The van der Waals surface area contributed by atoms with Crippen LogP contribution in [0.4, 0.5) is 4.39 Å². The maximum atomic E-state index is 14.4. The zero-order chi connectivity index (χ0) is 19.7. The number of hydrogen-bond donors (Lipinski definition) is 0. The molecule has 1 atom stereocenters. The van der Waals surface area contributed by atoms with Gasteiger partial charge in [-0.1, -0.05) is 23.9 Å². The number of halogens is 1. The molecule has 1 aromatic carbocycles. The van der Waals surface area contributed by atoms with E-state index in [1.54, 1.807) is 29.6 Å². The number of likely N-dealkylation sites (tertiary alicyclic amines) is 1. The Balaban J connectivity index is 1.70. The van der Waals surface area contributed by atoms with Gasteiger partial charge in [0.2, 0.25) is 5.91 Å². The number of thiophene rings is 1. The molecule has 3 heterocycles. The fraction of sp³-hybridized carbons (Fsp3) is 0.350. The Bertz CT molecular complexity index is 1080. The minimum Gasteiger partial charge on any atom is -0.339 e. The summed E-state index contributed by atoms with van der Waals surface area (Å²) in [6.45, 7) is 2.82. The summed E-state index contributed by atoms with van der Waals surface area (Å²) < 4.78 is 16.2. The first-order valence-electron chi connectivity index (χ1n) is 9.23. The molecule has 1 aliphatic rings. The van der Waals surface area contributed by atoms with E-state index in [2.05, 4.69) is 11.9 Å². The lowest BCUT2D eigenvalue weighted by atomic mass is 10.0. The molecule has 1 saturated heterocycles. The van der Waals surface area contributed by atoms with Crippen LogP contribution in [0.5, 0.6) is 0 Å². The second-order valence-electron chi connectivity index (χ2n) is 6.84. The molecular formula is C20H20FN3O2S2. The number of benzene rings is 1. The summed E-state index contributed by atoms with van der Waals surface area (Å²) in [5.41, 5.74) is 0.409. The molecule has 1 aliphatic heterocycles. The van der Waals surface area contributed by atoms with Crippen molar-refractivity contribution in [2.75, 3.05) is 12.3 Å². The van der Waals surface area contributed by atoms with Gasteiger partial charge in [0.15, 0.2) is 5.16 Å². The van der Waals surface area contributed by atoms with Crippen LogP contribution in [0, 0.1) is 5.82 Å². The largest absolute Gasteiger partial charge is 0.339 e. The first-order chi connectivity index (χ1) is 13.6. The van der Waals surface area contributed by atoms with E-state index in [4.69, 9.17) is 0 Å². The molecule has 146 valence electrons. The molecule has 8 heteroatoms. The van der Waals surface area contributed by atoms with E-state index in [9.17, 15) is 14.0 Å². The summed E-state index contributed by atoms with van der Waals surface area (Å²) in [5.74, 6) is -0.307. The average molecular weight is 418 g/mol. The summed E-state index contributed by atoms with van der Waals surface area (Å²) >= 11 is 2.47. The number of carbonyl (C=O) groups excluding carboxylic acids is 1. The van der Waals surface area contributed by atoms with Gasteiger partial charge < -0.3 is 4.90 Å². The van der Waals surface area contributed by atoms with Crippen molar-refractivity contribution in [3.63, 3.8) is 0 Å². The third kappa shape index (κ3) is 3.58. The molecule has 0 N–H and O–H groups in total. The van der Waals surface area contributed by atoms with Crippen LogP contribution >= 0.6 is 23.1 Å². The first kappa shape index (κ1) is 19.1. The topological polar surface area (TPSA) is 55.2 Å². The number of hydrogen-bond acceptors (Lipinski definition) is 5. The Labute approximate surface area is 170 Å². The van der Waals surface area contributed by atoms with Gasteiger partial charge >= 0.3 is 0 Å². The maximum Gasteiger partial charge on any atom is 0.276 e. The zero-order valence-electron chi connectivity index (χ0n) is 15.4. The summed E-state index contributed by atoms with van der Waals surface area (Å²) in [6, 6.07) is 8.12. The number of thioether (sulfide) groups is 1. The van der Waals surface area contributed by atoms with E-state index in [1.807, 2.05) is 4.90 Å². The van der Waals surface area contributed by atoms with Gasteiger partial charge in [0.05, 0.1) is 17.0 Å². The van der Waals surface area contributed by atoms with Gasteiger partial charge in [-0.25, -0.2) is 9.37 Å². The fourth-order valence-electron chi connectivity index (χ4n) is 3.51. The highest BCUT2D eigenvalue weighted by molar-refractivity contribution is 7.99. The predicted molar refractivity (Wildman–Crippen MR) is 111 cm³/mol. The van der Waals surface area contributed by atoms with Crippen molar-refractivity contribution >= 4 is 39.2 Å². The summed E-state index contributed by atoms with van der Waals surface area (Å²) in [6.07, 6.45) is 3.16. The normalized spacial score (nSPS) is 17.2. The van der Waals surface area contributed by atoms with Gasteiger partial charge in [0.1, 0.15) is 10.5 Å². The van der Waals surface area contributed by atoms with Crippen molar-refractivity contribution in [2.45, 2.75) is 37.4 Å².